The molecule has 1 N–H and O–H groups in total. The average Bonchev–Trinajstić information content (AvgIpc) is 2.67. The molecule has 4 nitrogen and oxygen atoms in total. The zero-order valence-corrected chi connectivity index (χ0v) is 15.8. The second-order valence-electron chi connectivity index (χ2n) is 3.92. The van der Waals surface area contributed by atoms with Crippen LogP contribution in [-0.4, -0.2) is 26.4 Å². The average molecular weight is 485 g/mol. The number of aryl methyl sites for hydroxylation is 1. The second kappa shape index (κ2) is 6.64. The van der Waals surface area contributed by atoms with Crippen molar-refractivity contribution in [3.63, 3.8) is 0 Å². The monoisotopic (exact) mass is 482 g/mol. The van der Waals surface area contributed by atoms with Crippen LogP contribution in [0.25, 0.3) is 5.69 Å². The van der Waals surface area contributed by atoms with Crippen LogP contribution < -0.4 is 0 Å². The topological polar surface area (TPSA) is 55.1 Å². The Balaban J connectivity index is 2.52. The first-order valence-electron chi connectivity index (χ1n) is 5.44. The number of halogens is 3. The third-order valence-electron chi connectivity index (χ3n) is 2.44. The first-order valence-corrected chi connectivity index (χ1v) is 8.80. The van der Waals surface area contributed by atoms with E-state index in [1.165, 1.54) is 11.8 Å². The maximum absolute atomic E-state index is 10.7. The lowest BCUT2D eigenvalue weighted by Crippen LogP contribution is -2.04. The van der Waals surface area contributed by atoms with E-state index < -0.39 is 5.97 Å². The Morgan fingerprint density at radius 1 is 1.35 bits per heavy atom. The minimum Gasteiger partial charge on any atom is -0.481 e. The van der Waals surface area contributed by atoms with E-state index in [0.29, 0.717) is 5.16 Å². The van der Waals surface area contributed by atoms with E-state index >= 15 is 0 Å². The van der Waals surface area contributed by atoms with Gasteiger partial charge in [-0.25, -0.2) is 4.98 Å². The Kier molecular flexibility index (Phi) is 5.33. The molecule has 0 bridgehead atoms. The van der Waals surface area contributed by atoms with Gasteiger partial charge in [-0.15, -0.1) is 0 Å². The van der Waals surface area contributed by atoms with Crippen molar-refractivity contribution in [3.05, 3.63) is 37.4 Å². The zero-order valence-electron chi connectivity index (χ0n) is 10.2. The SMILES string of the molecule is Cc1cnc(SCC(=O)O)n1-c1c(Br)cc(Br)cc1Br. The lowest BCUT2D eigenvalue weighted by Gasteiger charge is -2.14. The molecule has 1 aromatic heterocycles. The molecule has 0 aliphatic carbocycles. The Labute approximate surface area is 145 Å². The van der Waals surface area contributed by atoms with Crippen molar-refractivity contribution in [2.75, 3.05) is 5.75 Å². The van der Waals surface area contributed by atoms with Gasteiger partial charge in [0.25, 0.3) is 0 Å². The summed E-state index contributed by atoms with van der Waals surface area (Å²) < 4.78 is 4.64. The third-order valence-corrected chi connectivity index (χ3v) is 5.04. The number of rotatable bonds is 4. The molecular formula is C12H9Br3N2O2S. The number of aromatic nitrogens is 2. The highest BCUT2D eigenvalue weighted by molar-refractivity contribution is 9.11. The second-order valence-corrected chi connectivity index (χ2v) is 7.48. The highest BCUT2D eigenvalue weighted by atomic mass is 79.9. The molecule has 0 aliphatic rings. The summed E-state index contributed by atoms with van der Waals surface area (Å²) in [5.41, 5.74) is 1.83. The van der Waals surface area contributed by atoms with Crippen LogP contribution in [0.1, 0.15) is 5.69 Å². The fraction of sp³-hybridized carbons (Fsp3) is 0.167. The lowest BCUT2D eigenvalue weighted by atomic mass is 10.3. The number of hydrogen-bond donors (Lipinski definition) is 1. The van der Waals surface area contributed by atoms with Crippen LogP contribution in [0.15, 0.2) is 36.9 Å². The predicted octanol–water partition coefficient (Wildman–Crippen LogP) is 4.64. The molecule has 0 radical (unpaired) electrons. The van der Waals surface area contributed by atoms with Gasteiger partial charge in [0, 0.05) is 25.3 Å². The van der Waals surface area contributed by atoms with E-state index in [0.717, 1.165) is 24.8 Å². The summed E-state index contributed by atoms with van der Waals surface area (Å²) in [4.78, 5) is 15.0. The largest absolute Gasteiger partial charge is 0.481 e. The number of carboxylic acid groups (broad SMARTS) is 1. The summed E-state index contributed by atoms with van der Waals surface area (Å²) in [6.07, 6.45) is 1.73. The van der Waals surface area contributed by atoms with E-state index in [1.807, 2.05) is 23.6 Å². The van der Waals surface area contributed by atoms with Crippen molar-refractivity contribution < 1.29 is 9.90 Å². The van der Waals surface area contributed by atoms with Gasteiger partial charge in [0.2, 0.25) is 0 Å². The molecule has 2 rings (SSSR count). The zero-order chi connectivity index (χ0) is 14.9. The molecule has 0 spiro atoms. The Morgan fingerprint density at radius 2 is 1.95 bits per heavy atom. The van der Waals surface area contributed by atoms with Crippen LogP contribution in [0.3, 0.4) is 0 Å². The van der Waals surface area contributed by atoms with Gasteiger partial charge in [-0.3, -0.25) is 9.36 Å². The Morgan fingerprint density at radius 3 is 2.50 bits per heavy atom. The van der Waals surface area contributed by atoms with Crippen molar-refractivity contribution in [2.24, 2.45) is 0 Å². The molecule has 0 fully saturated rings. The molecule has 0 amide bonds. The van der Waals surface area contributed by atoms with Crippen LogP contribution in [0.4, 0.5) is 0 Å². The summed E-state index contributed by atoms with van der Waals surface area (Å²) in [5.74, 6) is -0.890. The number of carbonyl (C=O) groups is 1. The van der Waals surface area contributed by atoms with Gasteiger partial charge in [0.05, 0.1) is 11.4 Å². The number of benzene rings is 1. The lowest BCUT2D eigenvalue weighted by molar-refractivity contribution is -0.133. The summed E-state index contributed by atoms with van der Waals surface area (Å²) in [6, 6.07) is 3.87. The Hall–Kier alpha value is -0.310. The van der Waals surface area contributed by atoms with Crippen molar-refractivity contribution in [3.8, 4) is 5.69 Å². The maximum Gasteiger partial charge on any atom is 0.313 e. The number of carboxylic acids is 1. The number of imidazole rings is 1. The first-order chi connectivity index (χ1) is 9.40. The van der Waals surface area contributed by atoms with Crippen LogP contribution in [0.5, 0.6) is 0 Å². The molecule has 106 valence electrons. The highest BCUT2D eigenvalue weighted by Gasteiger charge is 2.16. The number of thioether (sulfide) groups is 1. The minimum absolute atomic E-state index is 0.0256. The van der Waals surface area contributed by atoms with Crippen LogP contribution in [0.2, 0.25) is 0 Å². The molecule has 2 aromatic rings. The van der Waals surface area contributed by atoms with Crippen LogP contribution in [0, 0.1) is 6.92 Å². The van der Waals surface area contributed by atoms with E-state index in [1.54, 1.807) is 6.20 Å². The van der Waals surface area contributed by atoms with Crippen molar-refractivity contribution >= 4 is 65.5 Å². The van der Waals surface area contributed by atoms with Crippen LogP contribution >= 0.6 is 59.6 Å². The highest BCUT2D eigenvalue weighted by Crippen LogP contribution is 2.36. The van der Waals surface area contributed by atoms with Gasteiger partial charge in [0.15, 0.2) is 5.16 Å². The third kappa shape index (κ3) is 3.47. The smallest absolute Gasteiger partial charge is 0.313 e. The minimum atomic E-state index is -0.865. The van der Waals surface area contributed by atoms with Crippen molar-refractivity contribution in [1.29, 1.82) is 0 Å². The fourth-order valence-electron chi connectivity index (χ4n) is 1.66. The van der Waals surface area contributed by atoms with Gasteiger partial charge >= 0.3 is 5.97 Å². The first kappa shape index (κ1) is 16.1. The molecule has 0 atom stereocenters. The molecule has 8 heteroatoms. The van der Waals surface area contributed by atoms with Gasteiger partial charge in [0.1, 0.15) is 0 Å². The van der Waals surface area contributed by atoms with Gasteiger partial charge in [-0.05, 0) is 50.9 Å². The maximum atomic E-state index is 10.7. The summed E-state index contributed by atoms with van der Waals surface area (Å²) >= 11 is 11.7. The Bertz CT molecular complexity index is 650. The molecule has 0 saturated heterocycles. The van der Waals surface area contributed by atoms with Gasteiger partial charge < -0.3 is 5.11 Å². The molecule has 0 aliphatic heterocycles. The van der Waals surface area contributed by atoms with E-state index in [2.05, 4.69) is 52.8 Å². The summed E-state index contributed by atoms with van der Waals surface area (Å²) in [5, 5.41) is 9.45. The molecule has 1 aromatic carbocycles. The van der Waals surface area contributed by atoms with Gasteiger partial charge in [-0.1, -0.05) is 27.7 Å². The molecular weight excluding hydrogens is 476 g/mol. The molecule has 0 unspecified atom stereocenters. The summed E-state index contributed by atoms with van der Waals surface area (Å²) in [6.45, 7) is 1.93. The van der Waals surface area contributed by atoms with Gasteiger partial charge in [-0.2, -0.15) is 0 Å². The molecule has 20 heavy (non-hydrogen) atoms. The molecule has 0 saturated carbocycles. The number of hydrogen-bond acceptors (Lipinski definition) is 3. The quantitative estimate of drug-likeness (QED) is 0.642. The van der Waals surface area contributed by atoms with Crippen molar-refractivity contribution in [1.82, 2.24) is 9.55 Å². The van der Waals surface area contributed by atoms with Crippen LogP contribution in [-0.2, 0) is 4.79 Å². The predicted molar refractivity (Wildman–Crippen MR) is 89.8 cm³/mol. The van der Waals surface area contributed by atoms with Crippen molar-refractivity contribution in [2.45, 2.75) is 12.1 Å². The van der Waals surface area contributed by atoms with E-state index in [9.17, 15) is 4.79 Å². The molecule has 1 heterocycles. The summed E-state index contributed by atoms with van der Waals surface area (Å²) in [7, 11) is 0. The number of aliphatic carboxylic acids is 1. The standard InChI is InChI=1S/C12H9Br3N2O2S/c1-6-4-16-12(20-5-10(18)19)17(6)11-8(14)2-7(13)3-9(11)15/h2-4H,5H2,1H3,(H,18,19). The van der Waals surface area contributed by atoms with E-state index in [4.69, 9.17) is 5.11 Å². The number of nitrogens with zero attached hydrogens (tertiary/aromatic N) is 2. The fourth-order valence-corrected chi connectivity index (χ4v) is 5.02. The normalized spacial score (nSPS) is 10.8. The van der Waals surface area contributed by atoms with E-state index in [-0.39, 0.29) is 5.75 Å².